The number of ether oxygens (including phenoxy) is 2. The highest BCUT2D eigenvalue weighted by Gasteiger charge is 2.46. The molecule has 0 spiro atoms. The highest BCUT2D eigenvalue weighted by Crippen LogP contribution is 2.35. The quantitative estimate of drug-likeness (QED) is 0.531. The lowest BCUT2D eigenvalue weighted by Gasteiger charge is -2.42. The van der Waals surface area contributed by atoms with Crippen LogP contribution in [0.4, 0.5) is 0 Å². The number of aliphatic carboxylic acids is 1. The molecule has 0 amide bonds. The van der Waals surface area contributed by atoms with E-state index in [1.807, 2.05) is 0 Å². The smallest absolute Gasteiger partial charge is 0.333 e. The van der Waals surface area contributed by atoms with Crippen LogP contribution in [0.5, 0.6) is 0 Å². The van der Waals surface area contributed by atoms with Gasteiger partial charge in [0.25, 0.3) is 0 Å². The van der Waals surface area contributed by atoms with Crippen LogP contribution >= 0.6 is 0 Å². The summed E-state index contributed by atoms with van der Waals surface area (Å²) < 4.78 is 10.2. The molecule has 0 aliphatic rings. The van der Waals surface area contributed by atoms with E-state index in [1.54, 1.807) is 6.92 Å². The van der Waals surface area contributed by atoms with Gasteiger partial charge in [-0.25, -0.2) is 9.59 Å². The number of hydrogen-bond acceptors (Lipinski definition) is 6. The molecule has 7 heteroatoms. The monoisotopic (exact) mass is 329 g/mol. The summed E-state index contributed by atoms with van der Waals surface area (Å²) in [6, 6.07) is 0. The lowest BCUT2D eigenvalue weighted by Crippen LogP contribution is -2.57. The van der Waals surface area contributed by atoms with Gasteiger partial charge in [-0.3, -0.25) is 0 Å². The summed E-state index contributed by atoms with van der Waals surface area (Å²) in [6.45, 7) is 14.2. The molecule has 2 unspecified atom stereocenters. The second-order valence-electron chi connectivity index (χ2n) is 5.34. The Morgan fingerprint density at radius 3 is 1.48 bits per heavy atom. The van der Waals surface area contributed by atoms with Gasteiger partial charge in [0.15, 0.2) is 0 Å². The third kappa shape index (κ3) is 5.21. The van der Waals surface area contributed by atoms with Crippen molar-refractivity contribution in [3.05, 3.63) is 24.3 Å². The van der Waals surface area contributed by atoms with Crippen molar-refractivity contribution in [2.45, 2.75) is 53.2 Å². The van der Waals surface area contributed by atoms with E-state index in [-0.39, 0.29) is 23.7 Å². The van der Waals surface area contributed by atoms with Crippen LogP contribution in [0.3, 0.4) is 0 Å². The molecule has 4 N–H and O–H groups in total. The molecule has 0 heterocycles. The SMILES string of the molecule is C=C(C)C(=O)OC(C)C(CC)(C(=O)[O-])C(C)OC(=O)C(=C)C.[NH4+]. The molecule has 0 radical (unpaired) electrons. The lowest BCUT2D eigenvalue weighted by molar-refractivity contribution is -0.328. The molecule has 0 aliphatic carbocycles. The zero-order valence-electron chi connectivity index (χ0n) is 14.7. The van der Waals surface area contributed by atoms with Crippen molar-refractivity contribution in [3.8, 4) is 0 Å². The summed E-state index contributed by atoms with van der Waals surface area (Å²) in [6.07, 6.45) is -2.09. The van der Waals surface area contributed by atoms with E-state index in [1.165, 1.54) is 27.7 Å². The van der Waals surface area contributed by atoms with E-state index in [9.17, 15) is 19.5 Å². The summed E-state index contributed by atoms with van der Waals surface area (Å²) in [4.78, 5) is 35.0. The predicted molar refractivity (Wildman–Crippen MR) is 84.5 cm³/mol. The molecule has 0 aliphatic heterocycles. The van der Waals surface area contributed by atoms with Gasteiger partial charge in [0.2, 0.25) is 0 Å². The maximum atomic E-state index is 11.7. The first-order valence-corrected chi connectivity index (χ1v) is 6.95. The van der Waals surface area contributed by atoms with Gasteiger partial charge in [-0.15, -0.1) is 0 Å². The summed E-state index contributed by atoms with van der Waals surface area (Å²) >= 11 is 0. The minimum Gasteiger partial charge on any atom is -0.549 e. The van der Waals surface area contributed by atoms with Crippen LogP contribution < -0.4 is 11.3 Å². The standard InChI is InChI=1S/C16H24O6.H3N/c1-8-16(15(19)20,11(6)21-13(17)9(2)3)12(7)22-14(18)10(4)5;/h11-12H,2,4,8H2,1,3,5-7H3,(H,19,20);1H3. The van der Waals surface area contributed by atoms with Crippen molar-refractivity contribution >= 4 is 17.9 Å². The zero-order valence-corrected chi connectivity index (χ0v) is 14.7. The number of quaternary nitrogens is 1. The van der Waals surface area contributed by atoms with E-state index >= 15 is 0 Å². The molecule has 7 nitrogen and oxygen atoms in total. The second-order valence-corrected chi connectivity index (χ2v) is 5.34. The molecule has 0 aromatic carbocycles. The van der Waals surface area contributed by atoms with E-state index < -0.39 is 35.5 Å². The highest BCUT2D eigenvalue weighted by atomic mass is 16.6. The van der Waals surface area contributed by atoms with Gasteiger partial charge >= 0.3 is 11.9 Å². The molecular weight excluding hydrogens is 302 g/mol. The zero-order chi connectivity index (χ0) is 17.7. The largest absolute Gasteiger partial charge is 0.549 e. The first kappa shape index (κ1) is 23.1. The highest BCUT2D eigenvalue weighted by molar-refractivity contribution is 5.88. The molecule has 0 aromatic heterocycles. The fourth-order valence-corrected chi connectivity index (χ4v) is 2.11. The van der Waals surface area contributed by atoms with Gasteiger partial charge in [0.05, 0.1) is 11.4 Å². The van der Waals surface area contributed by atoms with Crippen LogP contribution in [-0.4, -0.2) is 30.1 Å². The summed E-state index contributed by atoms with van der Waals surface area (Å²) in [5, 5.41) is 11.7. The number of rotatable bonds is 8. The van der Waals surface area contributed by atoms with Crippen LogP contribution in [0.25, 0.3) is 0 Å². The molecule has 0 rings (SSSR count). The average Bonchev–Trinajstić information content (AvgIpc) is 2.38. The van der Waals surface area contributed by atoms with E-state index in [0.717, 1.165) is 0 Å². The van der Waals surface area contributed by atoms with Crippen molar-refractivity contribution < 1.29 is 29.0 Å². The van der Waals surface area contributed by atoms with Crippen molar-refractivity contribution in [1.82, 2.24) is 6.15 Å². The van der Waals surface area contributed by atoms with Crippen LogP contribution in [-0.2, 0) is 23.9 Å². The Morgan fingerprint density at radius 1 is 1.00 bits per heavy atom. The number of carbonyl (C=O) groups excluding carboxylic acids is 3. The third-order valence-corrected chi connectivity index (χ3v) is 3.68. The summed E-state index contributed by atoms with van der Waals surface area (Å²) in [5.74, 6) is -2.89. The molecule has 0 fully saturated rings. The molecular formula is C16H27NO6. The van der Waals surface area contributed by atoms with Crippen LogP contribution in [0, 0.1) is 5.41 Å². The number of carbonyl (C=O) groups is 3. The normalized spacial score (nSPS) is 15.2. The Hall–Kier alpha value is -2.15. The van der Waals surface area contributed by atoms with Crippen LogP contribution in [0.1, 0.15) is 41.0 Å². The number of carboxylic acids is 1. The van der Waals surface area contributed by atoms with Crippen LogP contribution in [0.15, 0.2) is 24.3 Å². The second kappa shape index (κ2) is 9.09. The summed E-state index contributed by atoms with van der Waals surface area (Å²) in [5.41, 5.74) is -1.39. The Labute approximate surface area is 136 Å². The van der Waals surface area contributed by atoms with Crippen molar-refractivity contribution in [3.63, 3.8) is 0 Å². The first-order chi connectivity index (χ1) is 10.00. The lowest BCUT2D eigenvalue weighted by atomic mass is 9.75. The minimum absolute atomic E-state index is 0. The van der Waals surface area contributed by atoms with Crippen LogP contribution in [0.2, 0.25) is 0 Å². The Kier molecular flexibility index (Phi) is 9.14. The first-order valence-electron chi connectivity index (χ1n) is 6.95. The van der Waals surface area contributed by atoms with E-state index in [2.05, 4.69) is 13.2 Å². The van der Waals surface area contributed by atoms with E-state index in [4.69, 9.17) is 9.47 Å². The topological polar surface area (TPSA) is 129 Å². The fraction of sp³-hybridized carbons (Fsp3) is 0.562. The number of carboxylic acid groups (broad SMARTS) is 1. The van der Waals surface area contributed by atoms with Crippen molar-refractivity contribution in [1.29, 1.82) is 0 Å². The molecule has 0 saturated carbocycles. The Balaban J connectivity index is 0. The van der Waals surface area contributed by atoms with Gasteiger partial charge in [-0.1, -0.05) is 20.1 Å². The molecule has 23 heavy (non-hydrogen) atoms. The average molecular weight is 329 g/mol. The Bertz CT molecular complexity index is 463. The van der Waals surface area contributed by atoms with Gasteiger partial charge in [0, 0.05) is 11.1 Å². The molecule has 0 saturated heterocycles. The number of hydrogen-bond donors (Lipinski definition) is 1. The molecule has 132 valence electrons. The van der Waals surface area contributed by atoms with Gasteiger partial charge in [-0.05, 0) is 34.1 Å². The minimum atomic E-state index is -1.67. The fourth-order valence-electron chi connectivity index (χ4n) is 2.11. The van der Waals surface area contributed by atoms with Gasteiger partial charge in [0.1, 0.15) is 12.2 Å². The van der Waals surface area contributed by atoms with Gasteiger partial charge in [-0.2, -0.15) is 0 Å². The molecule has 2 atom stereocenters. The van der Waals surface area contributed by atoms with Crippen molar-refractivity contribution in [2.24, 2.45) is 5.41 Å². The molecule has 0 bridgehead atoms. The van der Waals surface area contributed by atoms with Crippen molar-refractivity contribution in [2.75, 3.05) is 0 Å². The number of esters is 2. The third-order valence-electron chi connectivity index (χ3n) is 3.68. The Morgan fingerprint density at radius 2 is 1.30 bits per heavy atom. The maximum Gasteiger partial charge on any atom is 0.333 e. The van der Waals surface area contributed by atoms with E-state index in [0.29, 0.717) is 0 Å². The predicted octanol–water partition coefficient (Wildman–Crippen LogP) is 1.52. The molecule has 0 aromatic rings. The summed E-state index contributed by atoms with van der Waals surface area (Å²) in [7, 11) is 0. The maximum absolute atomic E-state index is 11.7. The van der Waals surface area contributed by atoms with Gasteiger partial charge < -0.3 is 25.5 Å².